The van der Waals surface area contributed by atoms with Crippen molar-refractivity contribution in [2.75, 3.05) is 13.2 Å². The Hall–Kier alpha value is -0.610. The van der Waals surface area contributed by atoms with Gasteiger partial charge in [0.25, 0.3) is 0 Å². The number of aliphatic hydroxyl groups excluding tert-OH is 1. The van der Waals surface area contributed by atoms with Gasteiger partial charge in [-0.25, -0.2) is 0 Å². The fourth-order valence-corrected chi connectivity index (χ4v) is 0.560. The van der Waals surface area contributed by atoms with Crippen molar-refractivity contribution in [3.63, 3.8) is 0 Å². The Morgan fingerprint density at radius 1 is 1.80 bits per heavy atom. The van der Waals surface area contributed by atoms with Gasteiger partial charge < -0.3 is 16.2 Å². The molecular weight excluding hydrogens is 132 g/mol. The minimum absolute atomic E-state index is 0.0231. The Labute approximate surface area is 60.4 Å². The number of carbonyl (C=O) groups is 1. The third-order valence-corrected chi connectivity index (χ3v) is 0.941. The lowest BCUT2D eigenvalue weighted by Gasteiger charge is -2.04. The van der Waals surface area contributed by atoms with Crippen molar-refractivity contribution in [3.8, 4) is 0 Å². The molecule has 0 aliphatic carbocycles. The zero-order valence-corrected chi connectivity index (χ0v) is 6.13. The molecule has 1 amide bonds. The highest BCUT2D eigenvalue weighted by molar-refractivity contribution is 5.76. The average Bonchev–Trinajstić information content (AvgIpc) is 1.82. The second-order valence-electron chi connectivity index (χ2n) is 2.25. The van der Waals surface area contributed by atoms with Gasteiger partial charge in [-0.05, 0) is 6.92 Å². The quantitative estimate of drug-likeness (QED) is 0.468. The minimum atomic E-state index is -0.112. The lowest BCUT2D eigenvalue weighted by molar-refractivity contribution is -0.121. The number of carbonyl (C=O) groups excluding carboxylic acids is 1. The molecule has 0 heterocycles. The first-order valence-electron chi connectivity index (χ1n) is 3.30. The monoisotopic (exact) mass is 146 g/mol. The Bertz CT molecular complexity index is 104. The molecule has 1 atom stereocenters. The van der Waals surface area contributed by atoms with Gasteiger partial charge >= 0.3 is 0 Å². The zero-order chi connectivity index (χ0) is 7.98. The second kappa shape index (κ2) is 5.20. The maximum atomic E-state index is 10.7. The van der Waals surface area contributed by atoms with Gasteiger partial charge in [0.05, 0.1) is 6.61 Å². The summed E-state index contributed by atoms with van der Waals surface area (Å²) in [4.78, 5) is 10.7. The first kappa shape index (κ1) is 9.39. The highest BCUT2D eigenvalue weighted by Gasteiger charge is 2.02. The third kappa shape index (κ3) is 5.53. The lowest BCUT2D eigenvalue weighted by Crippen LogP contribution is -2.31. The summed E-state index contributed by atoms with van der Waals surface area (Å²) in [6.07, 6.45) is 0.319. The summed E-state index contributed by atoms with van der Waals surface area (Å²) in [6, 6.07) is -0.112. The van der Waals surface area contributed by atoms with Crippen molar-refractivity contribution < 1.29 is 9.90 Å². The Balaban J connectivity index is 3.26. The van der Waals surface area contributed by atoms with Crippen molar-refractivity contribution >= 4 is 5.91 Å². The van der Waals surface area contributed by atoms with Crippen molar-refractivity contribution in [2.24, 2.45) is 5.73 Å². The Morgan fingerprint density at radius 2 is 2.40 bits per heavy atom. The summed E-state index contributed by atoms with van der Waals surface area (Å²) in [5.41, 5.74) is 5.34. The van der Waals surface area contributed by atoms with Crippen molar-refractivity contribution in [1.29, 1.82) is 0 Å². The summed E-state index contributed by atoms with van der Waals surface area (Å²) in [6.45, 7) is 2.05. The largest absolute Gasteiger partial charge is 0.395 e. The molecule has 0 saturated heterocycles. The number of aliphatic hydroxyl groups is 1. The van der Waals surface area contributed by atoms with Gasteiger partial charge in [0, 0.05) is 19.0 Å². The molecule has 60 valence electrons. The number of rotatable bonds is 4. The number of nitrogens with two attached hydrogens (primary N) is 1. The Morgan fingerprint density at radius 3 is 2.80 bits per heavy atom. The molecule has 0 saturated carbocycles. The first-order valence-corrected chi connectivity index (χ1v) is 3.30. The molecule has 0 aromatic heterocycles. The van der Waals surface area contributed by atoms with E-state index in [1.165, 1.54) is 0 Å². The van der Waals surface area contributed by atoms with E-state index < -0.39 is 0 Å². The maximum Gasteiger partial charge on any atom is 0.221 e. The molecule has 4 N–H and O–H groups in total. The molecule has 0 aliphatic rings. The second-order valence-corrected chi connectivity index (χ2v) is 2.25. The molecule has 1 unspecified atom stereocenters. The van der Waals surface area contributed by atoms with E-state index in [1.54, 1.807) is 6.92 Å². The standard InChI is InChI=1S/C6H14N2O2/c1-5(7)4-6(10)8-2-3-9/h5,9H,2-4,7H2,1H3,(H,8,10). The molecule has 0 fully saturated rings. The van der Waals surface area contributed by atoms with Gasteiger partial charge in [0.2, 0.25) is 5.91 Å². The van der Waals surface area contributed by atoms with Gasteiger partial charge in [-0.3, -0.25) is 4.79 Å². The molecule has 0 spiro atoms. The van der Waals surface area contributed by atoms with Crippen LogP contribution in [-0.2, 0) is 4.79 Å². The molecule has 0 bridgehead atoms. The molecule has 0 aromatic carbocycles. The highest BCUT2D eigenvalue weighted by Crippen LogP contribution is 1.83. The van der Waals surface area contributed by atoms with E-state index in [0.29, 0.717) is 13.0 Å². The fraction of sp³-hybridized carbons (Fsp3) is 0.833. The van der Waals surface area contributed by atoms with Crippen LogP contribution in [0.3, 0.4) is 0 Å². The van der Waals surface area contributed by atoms with Crippen LogP contribution in [0.5, 0.6) is 0 Å². The van der Waals surface area contributed by atoms with Gasteiger partial charge in [-0.2, -0.15) is 0 Å². The molecule has 10 heavy (non-hydrogen) atoms. The summed E-state index contributed by atoms with van der Waals surface area (Å²) >= 11 is 0. The van der Waals surface area contributed by atoms with E-state index in [-0.39, 0.29) is 18.6 Å². The van der Waals surface area contributed by atoms with E-state index in [1.807, 2.05) is 0 Å². The van der Waals surface area contributed by atoms with Crippen LogP contribution in [0.2, 0.25) is 0 Å². The molecule has 4 heteroatoms. The molecule has 0 aliphatic heterocycles. The normalized spacial score (nSPS) is 12.7. The van der Waals surface area contributed by atoms with Crippen molar-refractivity contribution in [3.05, 3.63) is 0 Å². The van der Waals surface area contributed by atoms with Crippen LogP contribution in [0, 0.1) is 0 Å². The predicted octanol–water partition coefficient (Wildman–Crippen LogP) is -1.17. The molecule has 0 radical (unpaired) electrons. The van der Waals surface area contributed by atoms with Crippen LogP contribution in [-0.4, -0.2) is 30.2 Å². The van der Waals surface area contributed by atoms with Gasteiger partial charge in [-0.15, -0.1) is 0 Å². The van der Waals surface area contributed by atoms with Crippen LogP contribution in [0.1, 0.15) is 13.3 Å². The summed E-state index contributed by atoms with van der Waals surface area (Å²) in [5.74, 6) is -0.107. The molecule has 4 nitrogen and oxygen atoms in total. The smallest absolute Gasteiger partial charge is 0.221 e. The topological polar surface area (TPSA) is 75.4 Å². The van der Waals surface area contributed by atoms with Gasteiger partial charge in [0.15, 0.2) is 0 Å². The molecule has 0 rings (SSSR count). The number of hydrogen-bond donors (Lipinski definition) is 3. The third-order valence-electron chi connectivity index (χ3n) is 0.941. The fourth-order valence-electron chi connectivity index (χ4n) is 0.560. The van der Waals surface area contributed by atoms with Gasteiger partial charge in [0.1, 0.15) is 0 Å². The van der Waals surface area contributed by atoms with Crippen LogP contribution >= 0.6 is 0 Å². The summed E-state index contributed by atoms with van der Waals surface area (Å²) in [5, 5.41) is 10.8. The first-order chi connectivity index (χ1) is 4.66. The van der Waals surface area contributed by atoms with Crippen molar-refractivity contribution in [1.82, 2.24) is 5.32 Å². The number of amides is 1. The summed E-state index contributed by atoms with van der Waals surface area (Å²) in [7, 11) is 0. The number of nitrogens with one attached hydrogen (secondary N) is 1. The van der Waals surface area contributed by atoms with Crippen LogP contribution in [0.25, 0.3) is 0 Å². The SMILES string of the molecule is CC(N)CC(=O)NCCO. The molecule has 0 aromatic rings. The van der Waals surface area contributed by atoms with Crippen LogP contribution < -0.4 is 11.1 Å². The predicted molar refractivity (Wildman–Crippen MR) is 38.4 cm³/mol. The van der Waals surface area contributed by atoms with E-state index in [4.69, 9.17) is 10.8 Å². The Kier molecular flexibility index (Phi) is 4.88. The van der Waals surface area contributed by atoms with E-state index in [0.717, 1.165) is 0 Å². The van der Waals surface area contributed by atoms with Crippen LogP contribution in [0.4, 0.5) is 0 Å². The zero-order valence-electron chi connectivity index (χ0n) is 6.13. The van der Waals surface area contributed by atoms with Gasteiger partial charge in [-0.1, -0.05) is 0 Å². The highest BCUT2D eigenvalue weighted by atomic mass is 16.3. The minimum Gasteiger partial charge on any atom is -0.395 e. The van der Waals surface area contributed by atoms with E-state index >= 15 is 0 Å². The lowest BCUT2D eigenvalue weighted by atomic mass is 10.2. The van der Waals surface area contributed by atoms with Crippen LogP contribution in [0.15, 0.2) is 0 Å². The van der Waals surface area contributed by atoms with Crippen molar-refractivity contribution in [2.45, 2.75) is 19.4 Å². The maximum absolute atomic E-state index is 10.7. The number of hydrogen-bond acceptors (Lipinski definition) is 3. The van der Waals surface area contributed by atoms with E-state index in [2.05, 4.69) is 5.32 Å². The van der Waals surface area contributed by atoms with E-state index in [9.17, 15) is 4.79 Å². The molecular formula is C6H14N2O2. The summed E-state index contributed by atoms with van der Waals surface area (Å²) < 4.78 is 0. The average molecular weight is 146 g/mol.